The van der Waals surface area contributed by atoms with Crippen molar-refractivity contribution in [2.24, 2.45) is 0 Å². The maximum atomic E-state index is 12.5. The van der Waals surface area contributed by atoms with Gasteiger partial charge < -0.3 is 4.74 Å². The van der Waals surface area contributed by atoms with Crippen LogP contribution in [0.3, 0.4) is 0 Å². The van der Waals surface area contributed by atoms with E-state index >= 15 is 0 Å². The van der Waals surface area contributed by atoms with Crippen molar-refractivity contribution in [2.75, 3.05) is 0 Å². The molecule has 0 bridgehead atoms. The third kappa shape index (κ3) is 3.64. The van der Waals surface area contributed by atoms with E-state index in [2.05, 4.69) is 0 Å². The van der Waals surface area contributed by atoms with Gasteiger partial charge in [0, 0.05) is 10.6 Å². The summed E-state index contributed by atoms with van der Waals surface area (Å²) in [6.07, 6.45) is 0.140. The molecule has 2 aromatic rings. The molecule has 2 rings (SSSR count). The molecule has 0 saturated heterocycles. The van der Waals surface area contributed by atoms with E-state index in [1.54, 1.807) is 0 Å². The molecule has 0 heterocycles. The van der Waals surface area contributed by atoms with Crippen LogP contribution in [0.4, 0.5) is 0 Å². The Bertz CT molecular complexity index is 612. The molecule has 2 aromatic carbocycles. The highest BCUT2D eigenvalue weighted by Crippen LogP contribution is 2.27. The number of benzene rings is 2. The molecular weight excluding hydrogens is 284 g/mol. The first-order valence-electron chi connectivity index (χ1n) is 7.05. The number of aryl methyl sites for hydroxylation is 2. The standard InChI is InChI=1S/C18H19ClO2/c1-4-16(18(20)14-8-6-5-7-9-14)21-15-10-12(2)17(19)13(3)11-15/h5-11,16H,4H2,1-3H3. The Morgan fingerprint density at radius 1 is 1.14 bits per heavy atom. The highest BCUT2D eigenvalue weighted by atomic mass is 35.5. The summed E-state index contributed by atoms with van der Waals surface area (Å²) in [5.41, 5.74) is 2.58. The van der Waals surface area contributed by atoms with E-state index in [-0.39, 0.29) is 5.78 Å². The van der Waals surface area contributed by atoms with E-state index in [0.717, 1.165) is 16.1 Å². The molecular formula is C18H19ClO2. The van der Waals surface area contributed by atoms with Crippen LogP contribution in [0.2, 0.25) is 5.02 Å². The van der Waals surface area contributed by atoms with Gasteiger partial charge in [0.2, 0.25) is 5.78 Å². The lowest BCUT2D eigenvalue weighted by Crippen LogP contribution is -2.26. The van der Waals surface area contributed by atoms with Gasteiger partial charge in [-0.2, -0.15) is 0 Å². The lowest BCUT2D eigenvalue weighted by molar-refractivity contribution is 0.0786. The second kappa shape index (κ2) is 6.77. The third-order valence-corrected chi connectivity index (χ3v) is 4.01. The Morgan fingerprint density at radius 2 is 1.71 bits per heavy atom. The average Bonchev–Trinajstić information content (AvgIpc) is 2.50. The van der Waals surface area contributed by atoms with Gasteiger partial charge in [-0.05, 0) is 43.5 Å². The second-order valence-corrected chi connectivity index (χ2v) is 5.49. The van der Waals surface area contributed by atoms with Crippen molar-refractivity contribution in [3.63, 3.8) is 0 Å². The first-order valence-corrected chi connectivity index (χ1v) is 7.43. The fourth-order valence-corrected chi connectivity index (χ4v) is 2.36. The molecule has 0 fully saturated rings. The van der Waals surface area contributed by atoms with Crippen LogP contribution in [-0.4, -0.2) is 11.9 Å². The molecule has 3 heteroatoms. The summed E-state index contributed by atoms with van der Waals surface area (Å²) in [7, 11) is 0. The molecule has 110 valence electrons. The van der Waals surface area contributed by atoms with Gasteiger partial charge >= 0.3 is 0 Å². The molecule has 2 nitrogen and oxygen atoms in total. The molecule has 1 unspecified atom stereocenters. The van der Waals surface area contributed by atoms with Gasteiger partial charge in [0.1, 0.15) is 5.75 Å². The Kier molecular flexibility index (Phi) is 5.03. The first-order chi connectivity index (χ1) is 10.0. The van der Waals surface area contributed by atoms with Gasteiger partial charge in [-0.15, -0.1) is 0 Å². The third-order valence-electron chi connectivity index (χ3n) is 3.41. The normalized spacial score (nSPS) is 12.0. The quantitative estimate of drug-likeness (QED) is 0.727. The van der Waals surface area contributed by atoms with Crippen LogP contribution in [0.5, 0.6) is 5.75 Å². The maximum Gasteiger partial charge on any atom is 0.203 e. The van der Waals surface area contributed by atoms with Gasteiger partial charge in [-0.25, -0.2) is 0 Å². The predicted octanol–water partition coefficient (Wildman–Crippen LogP) is 5.00. The number of hydrogen-bond donors (Lipinski definition) is 0. The highest BCUT2D eigenvalue weighted by molar-refractivity contribution is 6.32. The minimum absolute atomic E-state index is 0.00311. The molecule has 0 saturated carbocycles. The van der Waals surface area contributed by atoms with Crippen LogP contribution in [0.15, 0.2) is 42.5 Å². The van der Waals surface area contributed by atoms with E-state index in [1.807, 2.05) is 63.2 Å². The Balaban J connectivity index is 2.22. The molecule has 0 aliphatic rings. The van der Waals surface area contributed by atoms with E-state index in [0.29, 0.717) is 17.7 Å². The van der Waals surface area contributed by atoms with E-state index in [4.69, 9.17) is 16.3 Å². The number of carbonyl (C=O) groups is 1. The Morgan fingerprint density at radius 3 is 2.24 bits per heavy atom. The van der Waals surface area contributed by atoms with Crippen molar-refractivity contribution in [3.05, 3.63) is 64.2 Å². The van der Waals surface area contributed by atoms with Gasteiger partial charge in [-0.1, -0.05) is 48.9 Å². The Labute approximate surface area is 130 Å². The SMILES string of the molecule is CCC(Oc1cc(C)c(Cl)c(C)c1)C(=O)c1ccccc1. The number of hydrogen-bond acceptors (Lipinski definition) is 2. The van der Waals surface area contributed by atoms with Crippen LogP contribution >= 0.6 is 11.6 Å². The van der Waals surface area contributed by atoms with Crippen molar-refractivity contribution in [2.45, 2.75) is 33.3 Å². The first kappa shape index (κ1) is 15.6. The zero-order chi connectivity index (χ0) is 15.4. The van der Waals surface area contributed by atoms with E-state index in [1.165, 1.54) is 0 Å². The monoisotopic (exact) mass is 302 g/mol. The average molecular weight is 303 g/mol. The fourth-order valence-electron chi connectivity index (χ4n) is 2.25. The summed E-state index contributed by atoms with van der Waals surface area (Å²) in [5.74, 6) is 0.689. The molecule has 0 aromatic heterocycles. The molecule has 0 aliphatic carbocycles. The van der Waals surface area contributed by atoms with Crippen molar-refractivity contribution >= 4 is 17.4 Å². The number of halogens is 1. The number of rotatable bonds is 5. The van der Waals surface area contributed by atoms with Crippen LogP contribution in [0.1, 0.15) is 34.8 Å². The summed E-state index contributed by atoms with van der Waals surface area (Å²) in [6.45, 7) is 5.81. The minimum atomic E-state index is -0.479. The van der Waals surface area contributed by atoms with Crippen molar-refractivity contribution in [1.29, 1.82) is 0 Å². The largest absolute Gasteiger partial charge is 0.482 e. The number of ketones is 1. The lowest BCUT2D eigenvalue weighted by atomic mass is 10.0. The van der Waals surface area contributed by atoms with Gasteiger partial charge in [0.05, 0.1) is 0 Å². The number of carbonyl (C=O) groups excluding carboxylic acids is 1. The zero-order valence-corrected chi connectivity index (χ0v) is 13.3. The van der Waals surface area contributed by atoms with Gasteiger partial charge in [0.15, 0.2) is 6.10 Å². The molecule has 0 N–H and O–H groups in total. The number of Topliss-reactive ketones (excluding diaryl/α,β-unsaturated/α-hetero) is 1. The molecule has 0 amide bonds. The second-order valence-electron chi connectivity index (χ2n) is 5.12. The lowest BCUT2D eigenvalue weighted by Gasteiger charge is -2.18. The van der Waals surface area contributed by atoms with E-state index < -0.39 is 6.10 Å². The van der Waals surface area contributed by atoms with Crippen molar-refractivity contribution in [3.8, 4) is 5.75 Å². The summed E-state index contributed by atoms with van der Waals surface area (Å²) in [5, 5.41) is 0.741. The van der Waals surface area contributed by atoms with E-state index in [9.17, 15) is 4.79 Å². The Hall–Kier alpha value is -1.80. The zero-order valence-electron chi connectivity index (χ0n) is 12.5. The van der Waals surface area contributed by atoms with Crippen LogP contribution in [-0.2, 0) is 0 Å². The van der Waals surface area contributed by atoms with Gasteiger partial charge in [-0.3, -0.25) is 4.79 Å². The molecule has 0 spiro atoms. The smallest absolute Gasteiger partial charge is 0.203 e. The fraction of sp³-hybridized carbons (Fsp3) is 0.278. The van der Waals surface area contributed by atoms with Crippen molar-refractivity contribution < 1.29 is 9.53 Å². The van der Waals surface area contributed by atoms with Crippen LogP contribution in [0.25, 0.3) is 0 Å². The minimum Gasteiger partial charge on any atom is -0.482 e. The van der Waals surface area contributed by atoms with Crippen LogP contribution in [0, 0.1) is 13.8 Å². The predicted molar refractivity (Wildman–Crippen MR) is 86.4 cm³/mol. The molecule has 1 atom stereocenters. The molecule has 21 heavy (non-hydrogen) atoms. The number of ether oxygens (including phenoxy) is 1. The summed E-state index contributed by atoms with van der Waals surface area (Å²) < 4.78 is 5.89. The van der Waals surface area contributed by atoms with Gasteiger partial charge in [0.25, 0.3) is 0 Å². The maximum absolute atomic E-state index is 12.5. The van der Waals surface area contributed by atoms with Crippen molar-refractivity contribution in [1.82, 2.24) is 0 Å². The van der Waals surface area contributed by atoms with Crippen LogP contribution < -0.4 is 4.74 Å². The molecule has 0 aliphatic heterocycles. The summed E-state index contributed by atoms with van der Waals surface area (Å²) in [4.78, 5) is 12.5. The highest BCUT2D eigenvalue weighted by Gasteiger charge is 2.20. The topological polar surface area (TPSA) is 26.3 Å². The molecule has 0 radical (unpaired) electrons. The summed E-state index contributed by atoms with van der Waals surface area (Å²) >= 11 is 6.16. The summed E-state index contributed by atoms with van der Waals surface area (Å²) in [6, 6.07) is 13.0.